The van der Waals surface area contributed by atoms with Crippen molar-refractivity contribution >= 4 is 34.0 Å². The summed E-state index contributed by atoms with van der Waals surface area (Å²) in [7, 11) is 0. The number of hydrogen-bond donors (Lipinski definition) is 1. The summed E-state index contributed by atoms with van der Waals surface area (Å²) in [5.74, 6) is 0.467. The second-order valence-electron chi connectivity index (χ2n) is 6.34. The second kappa shape index (κ2) is 8.05. The number of nitrogens with one attached hydrogen (secondary N) is 1. The van der Waals surface area contributed by atoms with Gasteiger partial charge in [-0.2, -0.15) is 0 Å². The summed E-state index contributed by atoms with van der Waals surface area (Å²) >= 11 is 2.92. The quantitative estimate of drug-likeness (QED) is 0.469. The molecule has 3 aromatic rings. The van der Waals surface area contributed by atoms with Gasteiger partial charge in [-0.3, -0.25) is 4.79 Å². The molecule has 0 saturated carbocycles. The number of rotatable bonds is 7. The molecule has 136 valence electrons. The molecular formula is C19H22N4OS2. The topological polar surface area (TPSA) is 59.8 Å². The van der Waals surface area contributed by atoms with Crippen LogP contribution in [0.1, 0.15) is 35.6 Å². The van der Waals surface area contributed by atoms with Crippen LogP contribution < -0.4 is 5.32 Å². The Bertz CT molecular complexity index is 900. The van der Waals surface area contributed by atoms with E-state index in [4.69, 9.17) is 0 Å². The lowest BCUT2D eigenvalue weighted by atomic mass is 10.2. The van der Waals surface area contributed by atoms with Crippen LogP contribution in [0.5, 0.6) is 0 Å². The Balaban J connectivity index is 1.72. The van der Waals surface area contributed by atoms with E-state index >= 15 is 0 Å². The summed E-state index contributed by atoms with van der Waals surface area (Å²) in [6.07, 6.45) is 0. The minimum atomic E-state index is 0.110. The molecule has 26 heavy (non-hydrogen) atoms. The first-order valence-electron chi connectivity index (χ1n) is 8.46. The van der Waals surface area contributed by atoms with Crippen LogP contribution in [0.15, 0.2) is 40.7 Å². The van der Waals surface area contributed by atoms with E-state index in [1.807, 2.05) is 50.2 Å². The van der Waals surface area contributed by atoms with E-state index in [9.17, 15) is 4.79 Å². The molecule has 0 radical (unpaired) electrons. The van der Waals surface area contributed by atoms with Crippen molar-refractivity contribution in [1.29, 1.82) is 0 Å². The summed E-state index contributed by atoms with van der Waals surface area (Å²) < 4.78 is 2.92. The summed E-state index contributed by atoms with van der Waals surface area (Å²) in [6.45, 7) is 8.13. The van der Waals surface area contributed by atoms with Crippen molar-refractivity contribution in [3.63, 3.8) is 0 Å². The Kier molecular flexibility index (Phi) is 5.78. The monoisotopic (exact) mass is 386 g/mol. The van der Waals surface area contributed by atoms with E-state index in [-0.39, 0.29) is 5.78 Å². The van der Waals surface area contributed by atoms with Crippen molar-refractivity contribution in [2.75, 3.05) is 11.1 Å². The Hall–Kier alpha value is -2.12. The highest BCUT2D eigenvalue weighted by molar-refractivity contribution is 8.01. The molecule has 0 aliphatic rings. The zero-order chi connectivity index (χ0) is 18.7. The van der Waals surface area contributed by atoms with Gasteiger partial charge in [0, 0.05) is 28.7 Å². The van der Waals surface area contributed by atoms with Crippen molar-refractivity contribution in [2.45, 2.75) is 38.1 Å². The van der Waals surface area contributed by atoms with Gasteiger partial charge in [0.2, 0.25) is 5.13 Å². The summed E-state index contributed by atoms with van der Waals surface area (Å²) in [4.78, 5) is 12.7. The van der Waals surface area contributed by atoms with Crippen molar-refractivity contribution in [1.82, 2.24) is 14.8 Å². The number of nitrogens with zero attached hydrogens (tertiary/aromatic N) is 3. The van der Waals surface area contributed by atoms with E-state index in [0.717, 1.165) is 32.1 Å². The average Bonchev–Trinajstić information content (AvgIpc) is 3.17. The lowest BCUT2D eigenvalue weighted by Crippen LogP contribution is -2.08. The van der Waals surface area contributed by atoms with Crippen molar-refractivity contribution < 1.29 is 4.79 Å². The number of anilines is 1. The third-order valence-electron chi connectivity index (χ3n) is 3.89. The van der Waals surface area contributed by atoms with Crippen molar-refractivity contribution in [3.05, 3.63) is 53.3 Å². The van der Waals surface area contributed by atoms with Gasteiger partial charge in [0.15, 0.2) is 10.1 Å². The van der Waals surface area contributed by atoms with Gasteiger partial charge in [-0.05, 0) is 45.9 Å². The predicted octanol–water partition coefficient (Wildman–Crippen LogP) is 4.74. The number of carbonyl (C=O) groups excluding carboxylic acids is 1. The lowest BCUT2D eigenvalue weighted by Gasteiger charge is -2.09. The van der Waals surface area contributed by atoms with Crippen LogP contribution in [0.3, 0.4) is 0 Å². The number of aryl methyl sites for hydroxylation is 1. The standard InChI is InChI=1S/C19H22N4OS2/c1-12(2)20-18-21-22-19(26-18)25-11-17(24)16-10-13(3)23(14(16)4)15-8-6-5-7-9-15/h5-10,12H,11H2,1-4H3,(H,20,21). The van der Waals surface area contributed by atoms with Crippen molar-refractivity contribution in [2.24, 2.45) is 0 Å². The molecule has 2 aromatic heterocycles. The largest absolute Gasteiger partial charge is 0.358 e. The first-order valence-corrected chi connectivity index (χ1v) is 10.3. The molecule has 1 N–H and O–H groups in total. The van der Waals surface area contributed by atoms with Gasteiger partial charge in [0.05, 0.1) is 5.75 Å². The SMILES string of the molecule is Cc1cc(C(=O)CSc2nnc(NC(C)C)s2)c(C)n1-c1ccccc1. The number of hydrogen-bond acceptors (Lipinski definition) is 6. The number of Topliss-reactive ketones (excluding diaryl/α,β-unsaturated/α-hetero) is 1. The minimum Gasteiger partial charge on any atom is -0.358 e. The Morgan fingerprint density at radius 2 is 1.96 bits per heavy atom. The molecule has 2 heterocycles. The van der Waals surface area contributed by atoms with E-state index < -0.39 is 0 Å². The molecule has 0 atom stereocenters. The highest BCUT2D eigenvalue weighted by Crippen LogP contribution is 2.28. The first-order chi connectivity index (χ1) is 12.5. The van der Waals surface area contributed by atoms with Gasteiger partial charge in [-0.15, -0.1) is 10.2 Å². The van der Waals surface area contributed by atoms with E-state index in [2.05, 4.69) is 33.9 Å². The van der Waals surface area contributed by atoms with Gasteiger partial charge in [-0.1, -0.05) is 41.3 Å². The molecule has 0 unspecified atom stereocenters. The maximum atomic E-state index is 12.7. The maximum Gasteiger partial charge on any atom is 0.206 e. The molecule has 0 aliphatic carbocycles. The van der Waals surface area contributed by atoms with Crippen LogP contribution in [0.25, 0.3) is 5.69 Å². The van der Waals surface area contributed by atoms with Crippen LogP contribution in [-0.2, 0) is 0 Å². The normalized spacial score (nSPS) is 11.1. The number of thioether (sulfide) groups is 1. The first kappa shape index (κ1) is 18.7. The molecule has 1 aromatic carbocycles. The fourth-order valence-electron chi connectivity index (χ4n) is 2.80. The second-order valence-corrected chi connectivity index (χ2v) is 8.54. The maximum absolute atomic E-state index is 12.7. The molecule has 5 nitrogen and oxygen atoms in total. The van der Waals surface area contributed by atoms with E-state index in [1.54, 1.807) is 0 Å². The molecular weight excluding hydrogens is 364 g/mol. The summed E-state index contributed by atoms with van der Waals surface area (Å²) in [5, 5.41) is 12.3. The van der Waals surface area contributed by atoms with E-state index in [0.29, 0.717) is 11.8 Å². The van der Waals surface area contributed by atoms with Gasteiger partial charge >= 0.3 is 0 Å². The molecule has 7 heteroatoms. The summed E-state index contributed by atoms with van der Waals surface area (Å²) in [6, 6.07) is 12.4. The van der Waals surface area contributed by atoms with Crippen LogP contribution in [0.2, 0.25) is 0 Å². The zero-order valence-corrected chi connectivity index (χ0v) is 16.9. The minimum absolute atomic E-state index is 0.110. The molecule has 0 bridgehead atoms. The highest BCUT2D eigenvalue weighted by Gasteiger charge is 2.17. The third kappa shape index (κ3) is 4.16. The van der Waals surface area contributed by atoms with Crippen LogP contribution in [0, 0.1) is 13.8 Å². The predicted molar refractivity (Wildman–Crippen MR) is 109 cm³/mol. The van der Waals surface area contributed by atoms with Gasteiger partial charge in [0.25, 0.3) is 0 Å². The average molecular weight is 387 g/mol. The molecule has 0 fully saturated rings. The van der Waals surface area contributed by atoms with Crippen molar-refractivity contribution in [3.8, 4) is 5.69 Å². The lowest BCUT2D eigenvalue weighted by molar-refractivity contribution is 0.102. The Morgan fingerprint density at radius 1 is 1.23 bits per heavy atom. The third-order valence-corrected chi connectivity index (χ3v) is 5.88. The van der Waals surface area contributed by atoms with Crippen LogP contribution >= 0.6 is 23.1 Å². The number of para-hydroxylation sites is 1. The molecule has 0 saturated heterocycles. The number of aromatic nitrogens is 3. The fourth-order valence-corrected chi connectivity index (χ4v) is 4.58. The molecule has 0 amide bonds. The van der Waals surface area contributed by atoms with Crippen LogP contribution in [0.4, 0.5) is 5.13 Å². The van der Waals surface area contributed by atoms with Crippen LogP contribution in [-0.4, -0.2) is 32.3 Å². The van der Waals surface area contributed by atoms with Gasteiger partial charge in [-0.25, -0.2) is 0 Å². The van der Waals surface area contributed by atoms with Gasteiger partial charge in [0.1, 0.15) is 0 Å². The van der Waals surface area contributed by atoms with E-state index in [1.165, 1.54) is 23.1 Å². The summed E-state index contributed by atoms with van der Waals surface area (Å²) in [5.41, 5.74) is 3.87. The number of ketones is 1. The molecule has 3 rings (SSSR count). The number of benzene rings is 1. The number of carbonyl (C=O) groups is 1. The highest BCUT2D eigenvalue weighted by atomic mass is 32.2. The fraction of sp³-hybridized carbons (Fsp3) is 0.316. The Morgan fingerprint density at radius 3 is 2.65 bits per heavy atom. The Labute approximate surface area is 161 Å². The smallest absolute Gasteiger partial charge is 0.206 e. The zero-order valence-electron chi connectivity index (χ0n) is 15.3. The molecule has 0 spiro atoms. The molecule has 0 aliphatic heterocycles. The van der Waals surface area contributed by atoms with Gasteiger partial charge < -0.3 is 9.88 Å².